The summed E-state index contributed by atoms with van der Waals surface area (Å²) >= 11 is 7.66. The van der Waals surface area contributed by atoms with Crippen molar-refractivity contribution in [3.63, 3.8) is 0 Å². The number of benzene rings is 1. The molecular formula is C12H9Br2NO4S2. The minimum absolute atomic E-state index is 0.0175. The van der Waals surface area contributed by atoms with E-state index in [-0.39, 0.29) is 16.1 Å². The number of carboxylic acids is 1. The van der Waals surface area contributed by atoms with Crippen molar-refractivity contribution >= 4 is 64.9 Å². The summed E-state index contributed by atoms with van der Waals surface area (Å²) in [7, 11) is -3.80. The van der Waals surface area contributed by atoms with E-state index in [4.69, 9.17) is 5.11 Å². The molecule has 0 saturated heterocycles. The van der Waals surface area contributed by atoms with Gasteiger partial charge in [0.05, 0.1) is 18.8 Å². The van der Waals surface area contributed by atoms with E-state index in [1.165, 1.54) is 29.5 Å². The molecule has 0 aliphatic rings. The number of halogens is 2. The second kappa shape index (κ2) is 6.07. The van der Waals surface area contributed by atoms with Crippen LogP contribution in [0.25, 0.3) is 0 Å². The Balaban J connectivity index is 2.43. The molecule has 9 heteroatoms. The van der Waals surface area contributed by atoms with Crippen LogP contribution in [0.2, 0.25) is 0 Å². The minimum Gasteiger partial charge on any atom is -0.478 e. The van der Waals surface area contributed by atoms with Gasteiger partial charge in [-0.2, -0.15) is 0 Å². The lowest BCUT2D eigenvalue weighted by atomic mass is 10.1. The van der Waals surface area contributed by atoms with Gasteiger partial charge in [0, 0.05) is 0 Å². The van der Waals surface area contributed by atoms with E-state index < -0.39 is 16.0 Å². The summed E-state index contributed by atoms with van der Waals surface area (Å²) in [5, 5.41) is 8.97. The molecule has 1 aromatic heterocycles. The zero-order valence-electron chi connectivity index (χ0n) is 10.6. The summed E-state index contributed by atoms with van der Waals surface area (Å²) < 4.78 is 28.3. The molecule has 112 valence electrons. The molecule has 0 amide bonds. The van der Waals surface area contributed by atoms with Crippen molar-refractivity contribution in [3.05, 3.63) is 43.0 Å². The molecule has 0 aliphatic carbocycles. The van der Waals surface area contributed by atoms with E-state index in [9.17, 15) is 13.2 Å². The number of carbonyl (C=O) groups is 1. The number of hydrogen-bond acceptors (Lipinski definition) is 4. The van der Waals surface area contributed by atoms with E-state index in [0.717, 1.165) is 0 Å². The molecule has 0 spiro atoms. The molecule has 5 nitrogen and oxygen atoms in total. The van der Waals surface area contributed by atoms with Gasteiger partial charge in [-0.1, -0.05) is 6.07 Å². The predicted octanol–water partition coefficient (Wildman–Crippen LogP) is 4.08. The number of sulfonamides is 1. The highest BCUT2D eigenvalue weighted by Crippen LogP contribution is 2.35. The number of hydrogen-bond donors (Lipinski definition) is 2. The first-order chi connectivity index (χ1) is 9.70. The van der Waals surface area contributed by atoms with Crippen molar-refractivity contribution < 1.29 is 18.3 Å². The van der Waals surface area contributed by atoms with Crippen LogP contribution in [0.5, 0.6) is 0 Å². The Morgan fingerprint density at radius 2 is 1.95 bits per heavy atom. The molecule has 21 heavy (non-hydrogen) atoms. The zero-order valence-corrected chi connectivity index (χ0v) is 15.4. The van der Waals surface area contributed by atoms with E-state index in [1.54, 1.807) is 13.0 Å². The lowest BCUT2D eigenvalue weighted by Crippen LogP contribution is -2.14. The highest BCUT2D eigenvalue weighted by atomic mass is 79.9. The van der Waals surface area contributed by atoms with Crippen molar-refractivity contribution in [1.29, 1.82) is 0 Å². The van der Waals surface area contributed by atoms with E-state index in [0.29, 0.717) is 13.1 Å². The number of carboxylic acid groups (broad SMARTS) is 1. The topological polar surface area (TPSA) is 83.5 Å². The van der Waals surface area contributed by atoms with Gasteiger partial charge < -0.3 is 5.11 Å². The van der Waals surface area contributed by atoms with Crippen LogP contribution in [0, 0.1) is 6.92 Å². The van der Waals surface area contributed by atoms with Gasteiger partial charge in [0.2, 0.25) is 0 Å². The number of nitrogens with one attached hydrogen (secondary N) is 1. The third kappa shape index (κ3) is 3.65. The van der Waals surface area contributed by atoms with E-state index in [1.807, 2.05) is 0 Å². The molecule has 2 N–H and O–H groups in total. The Labute approximate surface area is 142 Å². The summed E-state index contributed by atoms with van der Waals surface area (Å²) in [6, 6.07) is 5.75. The fourth-order valence-electron chi connectivity index (χ4n) is 1.57. The standard InChI is InChI=1S/C12H9Br2NO4S2/c1-6-2-3-7(12(16)17)4-8(6)15-21(18,19)9-5-10(13)20-11(9)14/h2-5,15H,1H3,(H,16,17). The van der Waals surface area contributed by atoms with Crippen LogP contribution in [0.15, 0.2) is 36.7 Å². The fourth-order valence-corrected chi connectivity index (χ4v) is 6.51. The molecule has 1 heterocycles. The number of rotatable bonds is 4. The van der Waals surface area contributed by atoms with Crippen molar-refractivity contribution in [1.82, 2.24) is 0 Å². The third-order valence-corrected chi connectivity index (χ3v) is 6.76. The Hall–Kier alpha value is -0.900. The van der Waals surface area contributed by atoms with Crippen molar-refractivity contribution in [2.24, 2.45) is 0 Å². The average Bonchev–Trinajstić information content (AvgIpc) is 2.71. The number of aryl methyl sites for hydroxylation is 1. The second-order valence-electron chi connectivity index (χ2n) is 4.13. The first-order valence-corrected chi connectivity index (χ1v) is 9.41. The molecule has 0 aliphatic heterocycles. The quantitative estimate of drug-likeness (QED) is 0.728. The largest absolute Gasteiger partial charge is 0.478 e. The van der Waals surface area contributed by atoms with E-state index in [2.05, 4.69) is 36.6 Å². The Morgan fingerprint density at radius 3 is 2.48 bits per heavy atom. The lowest BCUT2D eigenvalue weighted by molar-refractivity contribution is 0.0697. The predicted molar refractivity (Wildman–Crippen MR) is 88.7 cm³/mol. The van der Waals surface area contributed by atoms with Gasteiger partial charge in [-0.25, -0.2) is 13.2 Å². The summed E-state index contributed by atoms with van der Waals surface area (Å²) in [6.45, 7) is 1.70. The summed E-state index contributed by atoms with van der Waals surface area (Å²) in [4.78, 5) is 11.1. The first kappa shape index (κ1) is 16.5. The monoisotopic (exact) mass is 453 g/mol. The second-order valence-corrected chi connectivity index (χ2v) is 9.53. The van der Waals surface area contributed by atoms with Crippen LogP contribution in [0.3, 0.4) is 0 Å². The van der Waals surface area contributed by atoms with Gasteiger partial charge in [-0.15, -0.1) is 11.3 Å². The maximum Gasteiger partial charge on any atom is 0.335 e. The summed E-state index contributed by atoms with van der Waals surface area (Å²) in [6.07, 6.45) is 0. The van der Waals surface area contributed by atoms with Gasteiger partial charge >= 0.3 is 5.97 Å². The Kier molecular flexibility index (Phi) is 4.76. The molecule has 2 aromatic rings. The minimum atomic E-state index is -3.80. The zero-order chi connectivity index (χ0) is 15.8. The van der Waals surface area contributed by atoms with Gasteiger partial charge in [-0.3, -0.25) is 4.72 Å². The Bertz CT molecular complexity index is 815. The van der Waals surface area contributed by atoms with Gasteiger partial charge in [0.1, 0.15) is 4.90 Å². The van der Waals surface area contributed by atoms with Gasteiger partial charge in [0.15, 0.2) is 0 Å². The molecule has 0 radical (unpaired) electrons. The molecule has 0 saturated carbocycles. The highest BCUT2D eigenvalue weighted by Gasteiger charge is 2.21. The number of thiophene rings is 1. The maximum atomic E-state index is 12.4. The van der Waals surface area contributed by atoms with Crippen LogP contribution in [0.1, 0.15) is 15.9 Å². The van der Waals surface area contributed by atoms with Gasteiger partial charge in [-0.05, 0) is 62.5 Å². The third-order valence-electron chi connectivity index (χ3n) is 2.64. The SMILES string of the molecule is Cc1ccc(C(=O)O)cc1NS(=O)(=O)c1cc(Br)sc1Br. The van der Waals surface area contributed by atoms with Crippen molar-refractivity contribution in [2.75, 3.05) is 4.72 Å². The van der Waals surface area contributed by atoms with Crippen LogP contribution in [-0.4, -0.2) is 19.5 Å². The first-order valence-electron chi connectivity index (χ1n) is 5.52. The molecule has 0 atom stereocenters. The van der Waals surface area contributed by atoms with Crippen LogP contribution in [-0.2, 0) is 10.0 Å². The molecule has 0 unspecified atom stereocenters. The molecule has 1 aromatic carbocycles. The van der Waals surface area contributed by atoms with Gasteiger partial charge in [0.25, 0.3) is 10.0 Å². The average molecular weight is 455 g/mol. The molecule has 0 fully saturated rings. The van der Waals surface area contributed by atoms with Crippen LogP contribution in [0.4, 0.5) is 5.69 Å². The van der Waals surface area contributed by atoms with Crippen molar-refractivity contribution in [3.8, 4) is 0 Å². The molecular weight excluding hydrogens is 446 g/mol. The maximum absolute atomic E-state index is 12.4. The fraction of sp³-hybridized carbons (Fsp3) is 0.0833. The number of anilines is 1. The van der Waals surface area contributed by atoms with Crippen molar-refractivity contribution in [2.45, 2.75) is 11.8 Å². The normalized spacial score (nSPS) is 11.4. The lowest BCUT2D eigenvalue weighted by Gasteiger charge is -2.10. The highest BCUT2D eigenvalue weighted by molar-refractivity contribution is 9.12. The van der Waals surface area contributed by atoms with E-state index >= 15 is 0 Å². The van der Waals surface area contributed by atoms with Crippen LogP contribution >= 0.6 is 43.2 Å². The summed E-state index contributed by atoms with van der Waals surface area (Å²) in [5.74, 6) is -1.12. The summed E-state index contributed by atoms with van der Waals surface area (Å²) in [5.41, 5.74) is 0.891. The van der Waals surface area contributed by atoms with Crippen LogP contribution < -0.4 is 4.72 Å². The smallest absolute Gasteiger partial charge is 0.335 e. The number of aromatic carboxylic acids is 1. The molecule has 0 bridgehead atoms. The molecule has 2 rings (SSSR count). The Morgan fingerprint density at radius 1 is 1.29 bits per heavy atom.